The van der Waals surface area contributed by atoms with Crippen molar-refractivity contribution >= 4 is 46.1 Å². The van der Waals surface area contributed by atoms with E-state index >= 15 is 0 Å². The van der Waals surface area contributed by atoms with Crippen LogP contribution in [0.25, 0.3) is 11.1 Å². The molecule has 1 aromatic heterocycles. The lowest BCUT2D eigenvalue weighted by atomic mass is 10.2. The summed E-state index contributed by atoms with van der Waals surface area (Å²) in [5.74, 6) is 0.0382. The highest BCUT2D eigenvalue weighted by molar-refractivity contribution is 7.99. The zero-order chi connectivity index (χ0) is 20.8. The Morgan fingerprint density at radius 3 is 2.72 bits per heavy atom. The van der Waals surface area contributed by atoms with E-state index < -0.39 is 10.7 Å². The maximum Gasteiger partial charge on any atom is 0.419 e. The maximum atomic E-state index is 12.0. The molecule has 1 heterocycles. The summed E-state index contributed by atoms with van der Waals surface area (Å²) in [6.07, 6.45) is 0.708. The van der Waals surface area contributed by atoms with E-state index in [4.69, 9.17) is 16.0 Å². The quantitative estimate of drug-likeness (QED) is 0.237. The van der Waals surface area contributed by atoms with Crippen LogP contribution in [-0.2, 0) is 11.3 Å². The molecule has 0 aliphatic rings. The summed E-state index contributed by atoms with van der Waals surface area (Å²) in [4.78, 5) is 35.3. The number of benzene rings is 2. The zero-order valence-electron chi connectivity index (χ0n) is 15.3. The van der Waals surface area contributed by atoms with Gasteiger partial charge in [-0.25, -0.2) is 4.79 Å². The normalized spacial score (nSPS) is 10.9. The van der Waals surface area contributed by atoms with E-state index in [1.807, 2.05) is 24.3 Å². The number of hydrogen-bond acceptors (Lipinski definition) is 6. The second kappa shape index (κ2) is 9.62. The molecule has 0 bridgehead atoms. The third-order valence-corrected chi connectivity index (χ3v) is 5.42. The summed E-state index contributed by atoms with van der Waals surface area (Å²) < 4.78 is 6.45. The second-order valence-electron chi connectivity index (χ2n) is 6.18. The van der Waals surface area contributed by atoms with Crippen LogP contribution in [0.15, 0.2) is 56.6 Å². The number of hydrogen-bond donors (Lipinski definition) is 1. The van der Waals surface area contributed by atoms with Gasteiger partial charge in [-0.05, 0) is 36.8 Å². The highest BCUT2D eigenvalue weighted by atomic mass is 35.5. The molecule has 3 aromatic rings. The number of nitrogens with zero attached hydrogens (tertiary/aromatic N) is 2. The summed E-state index contributed by atoms with van der Waals surface area (Å²) in [6.45, 7) is 0.820. The van der Waals surface area contributed by atoms with Crippen molar-refractivity contribution in [2.24, 2.45) is 0 Å². The van der Waals surface area contributed by atoms with E-state index in [0.29, 0.717) is 23.5 Å². The molecule has 29 heavy (non-hydrogen) atoms. The van der Waals surface area contributed by atoms with Gasteiger partial charge in [-0.2, -0.15) is 0 Å². The Morgan fingerprint density at radius 1 is 1.24 bits per heavy atom. The molecule has 0 saturated carbocycles. The molecule has 0 saturated heterocycles. The topological polar surface area (TPSA) is 107 Å². The van der Waals surface area contributed by atoms with Gasteiger partial charge in [0.15, 0.2) is 5.58 Å². The van der Waals surface area contributed by atoms with Crippen LogP contribution < -0.4 is 11.1 Å². The van der Waals surface area contributed by atoms with Crippen molar-refractivity contribution in [3.63, 3.8) is 0 Å². The molecule has 0 radical (unpaired) electrons. The number of amides is 1. The highest BCUT2D eigenvalue weighted by Crippen LogP contribution is 2.21. The molecule has 152 valence electrons. The Morgan fingerprint density at radius 2 is 2.00 bits per heavy atom. The Kier molecular flexibility index (Phi) is 6.95. The van der Waals surface area contributed by atoms with Gasteiger partial charge in [0.2, 0.25) is 5.91 Å². The molecular formula is C19H18ClN3O5S. The van der Waals surface area contributed by atoms with Crippen LogP contribution in [0.3, 0.4) is 0 Å². The molecule has 0 fully saturated rings. The smallest absolute Gasteiger partial charge is 0.407 e. The van der Waals surface area contributed by atoms with Crippen LogP contribution >= 0.6 is 23.4 Å². The first kappa shape index (κ1) is 20.9. The molecule has 0 atom stereocenters. The van der Waals surface area contributed by atoms with Crippen molar-refractivity contribution in [2.45, 2.75) is 24.3 Å². The molecule has 1 amide bonds. The first-order valence-corrected chi connectivity index (χ1v) is 10.2. The molecule has 1 N–H and O–H groups in total. The largest absolute Gasteiger partial charge is 0.419 e. The minimum Gasteiger partial charge on any atom is -0.407 e. The van der Waals surface area contributed by atoms with Crippen molar-refractivity contribution in [1.82, 2.24) is 9.88 Å². The molecule has 10 heteroatoms. The lowest BCUT2D eigenvalue weighted by Crippen LogP contribution is -2.26. The lowest BCUT2D eigenvalue weighted by Gasteiger charge is -2.06. The van der Waals surface area contributed by atoms with E-state index in [0.717, 1.165) is 10.6 Å². The molecular weight excluding hydrogens is 418 g/mol. The molecule has 3 rings (SSSR count). The van der Waals surface area contributed by atoms with Crippen LogP contribution in [0.1, 0.15) is 12.8 Å². The average Bonchev–Trinajstić information content (AvgIpc) is 3.01. The van der Waals surface area contributed by atoms with Gasteiger partial charge in [-0.3, -0.25) is 19.5 Å². The Labute approximate surface area is 175 Å². The summed E-state index contributed by atoms with van der Waals surface area (Å²) in [5.41, 5.74) is 0.488. The third-order valence-electron chi connectivity index (χ3n) is 4.15. The fraction of sp³-hybridized carbons (Fsp3) is 0.263. The molecule has 0 unspecified atom stereocenters. The first-order chi connectivity index (χ1) is 13.9. The molecule has 0 spiro atoms. The van der Waals surface area contributed by atoms with Crippen molar-refractivity contribution in [3.8, 4) is 0 Å². The van der Waals surface area contributed by atoms with Crippen LogP contribution in [-0.4, -0.2) is 27.7 Å². The monoisotopic (exact) mass is 435 g/mol. The Bertz CT molecular complexity index is 1080. The number of fused-ring (bicyclic) bond motifs is 1. The highest BCUT2D eigenvalue weighted by Gasteiger charge is 2.14. The fourth-order valence-electron chi connectivity index (χ4n) is 2.76. The standard InChI is InChI=1S/C19H18ClN3O5S/c20-13-3-6-15(7-4-13)29-11-9-21-18(24)2-1-10-22-16-8-5-14(23(26)27)12-17(16)28-19(22)25/h3-8,12H,1-2,9-11H2,(H,21,24). The number of aromatic nitrogens is 1. The van der Waals surface area contributed by atoms with Gasteiger partial charge in [0.05, 0.1) is 16.5 Å². The third kappa shape index (κ3) is 5.61. The Balaban J connectivity index is 1.44. The van der Waals surface area contributed by atoms with Crippen molar-refractivity contribution in [3.05, 3.63) is 68.2 Å². The van der Waals surface area contributed by atoms with E-state index in [1.54, 1.807) is 11.8 Å². The molecule has 8 nitrogen and oxygen atoms in total. The summed E-state index contributed by atoms with van der Waals surface area (Å²) in [6, 6.07) is 11.5. The van der Waals surface area contributed by atoms with Crippen LogP contribution in [0.2, 0.25) is 5.02 Å². The number of thioether (sulfide) groups is 1. The van der Waals surface area contributed by atoms with Gasteiger partial charge in [-0.1, -0.05) is 11.6 Å². The van der Waals surface area contributed by atoms with Crippen molar-refractivity contribution in [2.75, 3.05) is 12.3 Å². The average molecular weight is 436 g/mol. The van der Waals surface area contributed by atoms with Crippen molar-refractivity contribution < 1.29 is 14.1 Å². The SMILES string of the molecule is O=C(CCCn1c(=O)oc2cc([N+](=O)[O-])ccc21)NCCSc1ccc(Cl)cc1. The number of oxazole rings is 1. The lowest BCUT2D eigenvalue weighted by molar-refractivity contribution is -0.384. The van der Waals surface area contributed by atoms with Crippen molar-refractivity contribution in [1.29, 1.82) is 0 Å². The van der Waals surface area contributed by atoms with Gasteiger partial charge in [0, 0.05) is 41.2 Å². The van der Waals surface area contributed by atoms with Gasteiger partial charge < -0.3 is 9.73 Å². The first-order valence-electron chi connectivity index (χ1n) is 8.87. The maximum absolute atomic E-state index is 12.0. The van der Waals surface area contributed by atoms with Gasteiger partial charge in [0.1, 0.15) is 0 Å². The molecule has 2 aromatic carbocycles. The van der Waals surface area contributed by atoms with Gasteiger partial charge >= 0.3 is 5.76 Å². The molecule has 0 aliphatic heterocycles. The number of nitro benzene ring substituents is 1. The predicted octanol–water partition coefficient (Wildman–Crippen LogP) is 3.84. The Hall–Kier alpha value is -2.78. The minimum absolute atomic E-state index is 0.0989. The van der Waals surface area contributed by atoms with Crippen LogP contribution in [0.5, 0.6) is 0 Å². The van der Waals surface area contributed by atoms with E-state index in [-0.39, 0.29) is 30.1 Å². The number of halogens is 1. The number of rotatable bonds is 9. The summed E-state index contributed by atoms with van der Waals surface area (Å²) in [7, 11) is 0. The van der Waals surface area contributed by atoms with E-state index in [2.05, 4.69) is 5.32 Å². The van der Waals surface area contributed by atoms with Gasteiger partial charge in [0.25, 0.3) is 5.69 Å². The second-order valence-corrected chi connectivity index (χ2v) is 7.79. The number of nitrogens with one attached hydrogen (secondary N) is 1. The van der Waals surface area contributed by atoms with Crippen LogP contribution in [0.4, 0.5) is 5.69 Å². The van der Waals surface area contributed by atoms with Crippen LogP contribution in [0, 0.1) is 10.1 Å². The summed E-state index contributed by atoms with van der Waals surface area (Å²) >= 11 is 7.46. The fourth-order valence-corrected chi connectivity index (χ4v) is 3.65. The number of aryl methyl sites for hydroxylation is 1. The van der Waals surface area contributed by atoms with E-state index in [1.165, 1.54) is 22.8 Å². The van der Waals surface area contributed by atoms with E-state index in [9.17, 15) is 19.7 Å². The van der Waals surface area contributed by atoms with Gasteiger partial charge in [-0.15, -0.1) is 11.8 Å². The number of nitro groups is 1. The number of carbonyl (C=O) groups is 1. The zero-order valence-corrected chi connectivity index (χ0v) is 16.9. The molecule has 0 aliphatic carbocycles. The summed E-state index contributed by atoms with van der Waals surface area (Å²) in [5, 5.41) is 14.3. The predicted molar refractivity (Wildman–Crippen MR) is 112 cm³/mol. The number of non-ortho nitro benzene ring substituents is 1. The number of carbonyl (C=O) groups excluding carboxylic acids is 1. The minimum atomic E-state index is -0.597.